The molecule has 0 aromatic carbocycles. The second kappa shape index (κ2) is 5.87. The van der Waals surface area contributed by atoms with Crippen molar-refractivity contribution in [2.75, 3.05) is 13.1 Å². The van der Waals surface area contributed by atoms with E-state index in [9.17, 15) is 9.59 Å². The number of carbonyl (C=O) groups excluding carboxylic acids is 2. The maximum absolute atomic E-state index is 12.3. The van der Waals surface area contributed by atoms with Crippen LogP contribution in [0.15, 0.2) is 18.5 Å². The Labute approximate surface area is 124 Å². The predicted octanol–water partition coefficient (Wildman–Crippen LogP) is 0.646. The first-order valence-corrected chi connectivity index (χ1v) is 7.67. The van der Waals surface area contributed by atoms with Crippen molar-refractivity contribution in [2.24, 2.45) is 11.8 Å². The summed E-state index contributed by atoms with van der Waals surface area (Å²) in [5.41, 5.74) is 0. The van der Waals surface area contributed by atoms with Crippen LogP contribution in [0, 0.1) is 11.8 Å². The molecule has 1 aliphatic carbocycles. The summed E-state index contributed by atoms with van der Waals surface area (Å²) in [6.45, 7) is 4.02. The van der Waals surface area contributed by atoms with Crippen LogP contribution in [0.3, 0.4) is 0 Å². The van der Waals surface area contributed by atoms with Crippen LogP contribution >= 0.6 is 0 Å². The number of hydrogen-bond acceptors (Lipinski definition) is 3. The van der Waals surface area contributed by atoms with Gasteiger partial charge in [-0.2, -0.15) is 5.10 Å². The van der Waals surface area contributed by atoms with Gasteiger partial charge in [0.2, 0.25) is 11.8 Å². The maximum atomic E-state index is 12.3. The van der Waals surface area contributed by atoms with Crippen molar-refractivity contribution in [1.29, 1.82) is 0 Å². The lowest BCUT2D eigenvalue weighted by Gasteiger charge is -2.18. The molecule has 2 fully saturated rings. The van der Waals surface area contributed by atoms with Gasteiger partial charge in [-0.3, -0.25) is 14.3 Å². The second-order valence-corrected chi connectivity index (χ2v) is 6.28. The van der Waals surface area contributed by atoms with Gasteiger partial charge in [-0.15, -0.1) is 0 Å². The minimum absolute atomic E-state index is 0.00461. The highest BCUT2D eigenvalue weighted by Gasteiger charge is 2.37. The van der Waals surface area contributed by atoms with Crippen LogP contribution in [0.1, 0.15) is 26.2 Å². The second-order valence-electron chi connectivity index (χ2n) is 6.28. The summed E-state index contributed by atoms with van der Waals surface area (Å²) in [7, 11) is 0. The lowest BCUT2D eigenvalue weighted by atomic mass is 10.1. The molecule has 0 bridgehead atoms. The highest BCUT2D eigenvalue weighted by atomic mass is 16.2. The Morgan fingerprint density at radius 2 is 2.33 bits per heavy atom. The van der Waals surface area contributed by atoms with Gasteiger partial charge in [0.25, 0.3) is 0 Å². The van der Waals surface area contributed by atoms with E-state index in [4.69, 9.17) is 0 Å². The Bertz CT molecular complexity index is 510. The van der Waals surface area contributed by atoms with Crippen molar-refractivity contribution in [3.05, 3.63) is 18.5 Å². The van der Waals surface area contributed by atoms with E-state index >= 15 is 0 Å². The van der Waals surface area contributed by atoms with E-state index in [1.807, 2.05) is 24.1 Å². The molecule has 1 N–H and O–H groups in total. The zero-order chi connectivity index (χ0) is 14.8. The van der Waals surface area contributed by atoms with Gasteiger partial charge in [0.05, 0.1) is 12.5 Å². The fourth-order valence-electron chi connectivity index (χ4n) is 2.83. The minimum Gasteiger partial charge on any atom is -0.351 e. The highest BCUT2D eigenvalue weighted by Crippen LogP contribution is 2.31. The van der Waals surface area contributed by atoms with Gasteiger partial charge in [-0.05, 0) is 31.7 Å². The molecule has 2 atom stereocenters. The summed E-state index contributed by atoms with van der Waals surface area (Å²) < 4.78 is 1.80. The molecular weight excluding hydrogens is 268 g/mol. The minimum atomic E-state index is -0.198. The van der Waals surface area contributed by atoms with Crippen LogP contribution in [-0.4, -0.2) is 45.6 Å². The molecule has 2 aliphatic rings. The van der Waals surface area contributed by atoms with Crippen molar-refractivity contribution >= 4 is 11.8 Å². The Morgan fingerprint density at radius 1 is 1.52 bits per heavy atom. The van der Waals surface area contributed by atoms with Crippen molar-refractivity contribution in [1.82, 2.24) is 20.0 Å². The molecule has 1 aromatic rings. The first-order chi connectivity index (χ1) is 10.1. The summed E-state index contributed by atoms with van der Waals surface area (Å²) in [5.74, 6) is 0.592. The average molecular weight is 290 g/mol. The Balaban J connectivity index is 1.47. The van der Waals surface area contributed by atoms with Crippen LogP contribution in [0.2, 0.25) is 0 Å². The maximum Gasteiger partial charge on any atom is 0.225 e. The van der Waals surface area contributed by atoms with Gasteiger partial charge >= 0.3 is 0 Å². The van der Waals surface area contributed by atoms with Crippen molar-refractivity contribution in [3.63, 3.8) is 0 Å². The van der Waals surface area contributed by atoms with Crippen molar-refractivity contribution < 1.29 is 9.59 Å². The highest BCUT2D eigenvalue weighted by molar-refractivity contribution is 5.89. The monoisotopic (exact) mass is 290 g/mol. The van der Waals surface area contributed by atoms with Gasteiger partial charge in [0.1, 0.15) is 0 Å². The van der Waals surface area contributed by atoms with Crippen LogP contribution < -0.4 is 5.32 Å². The number of rotatable bonds is 6. The van der Waals surface area contributed by atoms with E-state index in [2.05, 4.69) is 10.4 Å². The van der Waals surface area contributed by atoms with E-state index in [1.165, 1.54) is 12.8 Å². The quantitative estimate of drug-likeness (QED) is 0.836. The fraction of sp³-hybridized carbons (Fsp3) is 0.667. The normalized spacial score (nSPS) is 23.4. The third kappa shape index (κ3) is 3.62. The zero-order valence-electron chi connectivity index (χ0n) is 12.4. The largest absolute Gasteiger partial charge is 0.351 e. The Hall–Kier alpha value is -1.85. The van der Waals surface area contributed by atoms with Crippen LogP contribution in [-0.2, 0) is 16.1 Å². The molecule has 0 spiro atoms. The topological polar surface area (TPSA) is 67.2 Å². The van der Waals surface area contributed by atoms with Gasteiger partial charge in [0, 0.05) is 37.9 Å². The van der Waals surface area contributed by atoms with Crippen LogP contribution in [0.4, 0.5) is 0 Å². The molecule has 1 aliphatic heterocycles. The third-order valence-electron chi connectivity index (χ3n) is 4.17. The number of nitrogens with one attached hydrogen (secondary N) is 1. The Kier molecular flexibility index (Phi) is 3.94. The zero-order valence-corrected chi connectivity index (χ0v) is 12.4. The van der Waals surface area contributed by atoms with E-state index in [-0.39, 0.29) is 23.8 Å². The number of nitrogens with zero attached hydrogens (tertiary/aromatic N) is 3. The third-order valence-corrected chi connectivity index (χ3v) is 4.17. The van der Waals surface area contributed by atoms with E-state index in [1.54, 1.807) is 10.9 Å². The smallest absolute Gasteiger partial charge is 0.225 e. The van der Waals surface area contributed by atoms with E-state index < -0.39 is 0 Å². The lowest BCUT2D eigenvalue weighted by molar-refractivity contribution is -0.129. The van der Waals surface area contributed by atoms with Gasteiger partial charge < -0.3 is 10.2 Å². The summed E-state index contributed by atoms with van der Waals surface area (Å²) >= 11 is 0. The summed E-state index contributed by atoms with van der Waals surface area (Å²) in [6, 6.07) is 1.87. The Morgan fingerprint density at radius 3 is 3.00 bits per heavy atom. The predicted molar refractivity (Wildman–Crippen MR) is 77.2 cm³/mol. The molecule has 1 aromatic heterocycles. The van der Waals surface area contributed by atoms with Crippen molar-refractivity contribution in [2.45, 2.75) is 38.8 Å². The molecule has 114 valence electrons. The van der Waals surface area contributed by atoms with Crippen LogP contribution in [0.25, 0.3) is 0 Å². The molecule has 0 radical (unpaired) electrons. The SMILES string of the molecule is CC(Cn1cccn1)NC(=O)C1CC(=O)N(CC2CC2)C1. The molecule has 3 rings (SSSR count). The number of likely N-dealkylation sites (tertiary alicyclic amines) is 1. The van der Waals surface area contributed by atoms with Crippen LogP contribution in [0.5, 0.6) is 0 Å². The summed E-state index contributed by atoms with van der Waals surface area (Å²) in [5, 5.41) is 7.12. The number of amides is 2. The van der Waals surface area contributed by atoms with Gasteiger partial charge in [-0.25, -0.2) is 0 Å². The number of carbonyl (C=O) groups is 2. The first kappa shape index (κ1) is 14.1. The number of hydrogen-bond donors (Lipinski definition) is 1. The molecule has 2 amide bonds. The summed E-state index contributed by atoms with van der Waals surface area (Å²) in [4.78, 5) is 26.0. The fourth-order valence-corrected chi connectivity index (χ4v) is 2.83. The average Bonchev–Trinajstić information content (AvgIpc) is 2.95. The molecule has 1 saturated carbocycles. The van der Waals surface area contributed by atoms with E-state index in [0.717, 1.165) is 6.54 Å². The molecule has 21 heavy (non-hydrogen) atoms. The molecule has 2 heterocycles. The lowest BCUT2D eigenvalue weighted by Crippen LogP contribution is -2.40. The molecule has 1 saturated heterocycles. The first-order valence-electron chi connectivity index (χ1n) is 7.67. The molecule has 6 heteroatoms. The van der Waals surface area contributed by atoms with Crippen molar-refractivity contribution in [3.8, 4) is 0 Å². The standard InChI is InChI=1S/C15H22N4O2/c1-11(8-19-6-2-5-16-19)17-15(21)13-7-14(20)18(10-13)9-12-3-4-12/h2,5-6,11-13H,3-4,7-10H2,1H3,(H,17,21). The molecule has 6 nitrogen and oxygen atoms in total. The summed E-state index contributed by atoms with van der Waals surface area (Å²) in [6.07, 6.45) is 6.40. The van der Waals surface area contributed by atoms with Gasteiger partial charge in [-0.1, -0.05) is 0 Å². The number of aromatic nitrogens is 2. The molecule has 2 unspecified atom stereocenters. The van der Waals surface area contributed by atoms with E-state index in [0.29, 0.717) is 25.4 Å². The molecular formula is C15H22N4O2. The van der Waals surface area contributed by atoms with Gasteiger partial charge in [0.15, 0.2) is 0 Å².